The SMILES string of the molecule is C=C1CCCc2c1ccc1c2ccc2ccccc21. The van der Waals surface area contributed by atoms with Crippen LogP contribution in [0.1, 0.15) is 24.0 Å². The van der Waals surface area contributed by atoms with E-state index in [2.05, 4.69) is 55.1 Å². The predicted octanol–water partition coefficient (Wildman–Crippen LogP) is 5.34. The summed E-state index contributed by atoms with van der Waals surface area (Å²) in [7, 11) is 0. The van der Waals surface area contributed by atoms with Gasteiger partial charge in [-0.1, -0.05) is 55.1 Å². The molecule has 92 valence electrons. The molecule has 3 aromatic carbocycles. The van der Waals surface area contributed by atoms with E-state index >= 15 is 0 Å². The Kier molecular flexibility index (Phi) is 2.25. The van der Waals surface area contributed by atoms with Crippen molar-refractivity contribution in [2.24, 2.45) is 0 Å². The lowest BCUT2D eigenvalue weighted by Gasteiger charge is -2.20. The standard InChI is InChI=1S/C19H16/c1-13-5-4-8-17-15(13)11-12-18-16-7-3-2-6-14(16)9-10-19(17)18/h2-3,6-7,9-12H,1,4-5,8H2. The highest BCUT2D eigenvalue weighted by molar-refractivity contribution is 6.09. The quantitative estimate of drug-likeness (QED) is 0.468. The van der Waals surface area contributed by atoms with E-state index in [1.807, 2.05) is 0 Å². The van der Waals surface area contributed by atoms with E-state index in [0.717, 1.165) is 6.42 Å². The number of allylic oxidation sites excluding steroid dienone is 1. The van der Waals surface area contributed by atoms with Crippen molar-refractivity contribution >= 4 is 27.1 Å². The molecular weight excluding hydrogens is 228 g/mol. The van der Waals surface area contributed by atoms with Gasteiger partial charge in [-0.05, 0) is 57.5 Å². The molecule has 1 aliphatic rings. The Morgan fingerprint density at radius 3 is 2.53 bits per heavy atom. The maximum Gasteiger partial charge on any atom is -0.0102 e. The molecule has 0 heteroatoms. The molecule has 0 atom stereocenters. The number of aryl methyl sites for hydroxylation is 1. The zero-order valence-corrected chi connectivity index (χ0v) is 10.9. The van der Waals surface area contributed by atoms with Crippen LogP contribution in [0.25, 0.3) is 27.1 Å². The molecule has 0 heterocycles. The minimum atomic E-state index is 1.14. The minimum Gasteiger partial charge on any atom is -0.0952 e. The van der Waals surface area contributed by atoms with Crippen LogP contribution >= 0.6 is 0 Å². The Morgan fingerprint density at radius 1 is 0.737 bits per heavy atom. The molecule has 19 heavy (non-hydrogen) atoms. The fourth-order valence-electron chi connectivity index (χ4n) is 3.36. The highest BCUT2D eigenvalue weighted by Gasteiger charge is 2.15. The van der Waals surface area contributed by atoms with Crippen LogP contribution in [0.3, 0.4) is 0 Å². The lowest BCUT2D eigenvalue weighted by molar-refractivity contribution is 0.830. The Labute approximate surface area is 113 Å². The molecule has 0 N–H and O–H groups in total. The van der Waals surface area contributed by atoms with Gasteiger partial charge in [0.15, 0.2) is 0 Å². The highest BCUT2D eigenvalue weighted by atomic mass is 14.2. The maximum atomic E-state index is 4.22. The third-order valence-electron chi connectivity index (χ3n) is 4.32. The first-order chi connectivity index (χ1) is 9.34. The van der Waals surface area contributed by atoms with Crippen molar-refractivity contribution < 1.29 is 0 Å². The molecule has 1 aliphatic carbocycles. The van der Waals surface area contributed by atoms with E-state index in [0.29, 0.717) is 0 Å². The summed E-state index contributed by atoms with van der Waals surface area (Å²) in [6.07, 6.45) is 3.56. The monoisotopic (exact) mass is 244 g/mol. The summed E-state index contributed by atoms with van der Waals surface area (Å²) in [6, 6.07) is 17.7. The van der Waals surface area contributed by atoms with E-state index in [4.69, 9.17) is 0 Å². The molecule has 0 unspecified atom stereocenters. The van der Waals surface area contributed by atoms with Gasteiger partial charge >= 0.3 is 0 Å². The summed E-state index contributed by atoms with van der Waals surface area (Å²) >= 11 is 0. The van der Waals surface area contributed by atoms with E-state index in [-0.39, 0.29) is 0 Å². The zero-order chi connectivity index (χ0) is 12.8. The van der Waals surface area contributed by atoms with Crippen LogP contribution in [0.4, 0.5) is 0 Å². The van der Waals surface area contributed by atoms with Crippen molar-refractivity contribution in [2.45, 2.75) is 19.3 Å². The first-order valence-electron chi connectivity index (χ1n) is 6.96. The van der Waals surface area contributed by atoms with Crippen LogP contribution in [-0.4, -0.2) is 0 Å². The lowest BCUT2D eigenvalue weighted by Crippen LogP contribution is -2.01. The van der Waals surface area contributed by atoms with Gasteiger partial charge in [0.25, 0.3) is 0 Å². The van der Waals surface area contributed by atoms with Crippen molar-refractivity contribution in [1.29, 1.82) is 0 Å². The number of benzene rings is 3. The Balaban J connectivity index is 2.16. The Morgan fingerprint density at radius 2 is 1.58 bits per heavy atom. The number of hydrogen-bond donors (Lipinski definition) is 0. The predicted molar refractivity (Wildman–Crippen MR) is 83.4 cm³/mol. The van der Waals surface area contributed by atoms with Crippen LogP contribution < -0.4 is 0 Å². The van der Waals surface area contributed by atoms with Gasteiger partial charge in [-0.25, -0.2) is 0 Å². The molecule has 0 aliphatic heterocycles. The fourth-order valence-corrected chi connectivity index (χ4v) is 3.36. The average Bonchev–Trinajstić information content (AvgIpc) is 2.47. The van der Waals surface area contributed by atoms with Crippen LogP contribution in [0.2, 0.25) is 0 Å². The number of fused-ring (bicyclic) bond motifs is 5. The molecule has 0 aromatic heterocycles. The molecule has 0 spiro atoms. The van der Waals surface area contributed by atoms with E-state index < -0.39 is 0 Å². The summed E-state index contributed by atoms with van der Waals surface area (Å²) in [5, 5.41) is 5.48. The summed E-state index contributed by atoms with van der Waals surface area (Å²) in [4.78, 5) is 0. The van der Waals surface area contributed by atoms with Gasteiger partial charge in [-0.2, -0.15) is 0 Å². The molecule has 0 saturated carbocycles. The number of hydrogen-bond acceptors (Lipinski definition) is 0. The van der Waals surface area contributed by atoms with Crippen molar-refractivity contribution in [2.75, 3.05) is 0 Å². The van der Waals surface area contributed by atoms with Gasteiger partial charge in [0.1, 0.15) is 0 Å². The normalized spacial score (nSPS) is 14.8. The fraction of sp³-hybridized carbons (Fsp3) is 0.158. The van der Waals surface area contributed by atoms with Crippen LogP contribution in [0.15, 0.2) is 55.1 Å². The summed E-state index contributed by atoms with van der Waals surface area (Å²) < 4.78 is 0. The van der Waals surface area contributed by atoms with Crippen molar-refractivity contribution in [3.63, 3.8) is 0 Å². The first kappa shape index (κ1) is 10.8. The Bertz CT molecular complexity index is 809. The molecule has 3 aromatic rings. The topological polar surface area (TPSA) is 0 Å². The maximum absolute atomic E-state index is 4.22. The van der Waals surface area contributed by atoms with Gasteiger partial charge in [-0.3, -0.25) is 0 Å². The molecule has 0 bridgehead atoms. The molecular formula is C19H16. The zero-order valence-electron chi connectivity index (χ0n) is 10.9. The van der Waals surface area contributed by atoms with Gasteiger partial charge in [0.2, 0.25) is 0 Å². The Hall–Kier alpha value is -2.08. The lowest BCUT2D eigenvalue weighted by atomic mass is 9.84. The van der Waals surface area contributed by atoms with Gasteiger partial charge < -0.3 is 0 Å². The summed E-state index contributed by atoms with van der Waals surface area (Å²) in [6.45, 7) is 4.22. The van der Waals surface area contributed by atoms with Crippen LogP contribution in [0, 0.1) is 0 Å². The van der Waals surface area contributed by atoms with Gasteiger partial charge in [0, 0.05) is 0 Å². The summed E-state index contributed by atoms with van der Waals surface area (Å²) in [5.74, 6) is 0. The number of rotatable bonds is 0. The largest absolute Gasteiger partial charge is 0.0952 e. The molecule has 0 radical (unpaired) electrons. The third kappa shape index (κ3) is 1.53. The second-order valence-corrected chi connectivity index (χ2v) is 5.43. The molecule has 0 amide bonds. The molecule has 0 fully saturated rings. The van der Waals surface area contributed by atoms with Crippen molar-refractivity contribution in [3.05, 3.63) is 66.2 Å². The molecule has 0 nitrogen and oxygen atoms in total. The third-order valence-corrected chi connectivity index (χ3v) is 4.32. The van der Waals surface area contributed by atoms with E-state index in [1.165, 1.54) is 51.1 Å². The molecule has 4 rings (SSSR count). The van der Waals surface area contributed by atoms with Crippen LogP contribution in [0.5, 0.6) is 0 Å². The van der Waals surface area contributed by atoms with Crippen LogP contribution in [-0.2, 0) is 6.42 Å². The van der Waals surface area contributed by atoms with Crippen molar-refractivity contribution in [3.8, 4) is 0 Å². The highest BCUT2D eigenvalue weighted by Crippen LogP contribution is 2.36. The average molecular weight is 244 g/mol. The van der Waals surface area contributed by atoms with E-state index in [1.54, 1.807) is 0 Å². The van der Waals surface area contributed by atoms with E-state index in [9.17, 15) is 0 Å². The summed E-state index contributed by atoms with van der Waals surface area (Å²) in [5.41, 5.74) is 4.19. The first-order valence-corrected chi connectivity index (χ1v) is 6.96. The van der Waals surface area contributed by atoms with Gasteiger partial charge in [-0.15, -0.1) is 0 Å². The molecule has 0 saturated heterocycles. The second-order valence-electron chi connectivity index (χ2n) is 5.43. The van der Waals surface area contributed by atoms with Gasteiger partial charge in [0.05, 0.1) is 0 Å². The van der Waals surface area contributed by atoms with Crippen molar-refractivity contribution in [1.82, 2.24) is 0 Å². The smallest absolute Gasteiger partial charge is 0.0102 e. The second kappa shape index (κ2) is 3.96. The minimum absolute atomic E-state index is 1.14.